The van der Waals surface area contributed by atoms with Gasteiger partial charge in [-0.15, -0.1) is 0 Å². The summed E-state index contributed by atoms with van der Waals surface area (Å²) in [6.07, 6.45) is 0.0625. The van der Waals surface area contributed by atoms with Crippen molar-refractivity contribution in [3.05, 3.63) is 29.6 Å². The Labute approximate surface area is 143 Å². The predicted molar refractivity (Wildman–Crippen MR) is 91.7 cm³/mol. The van der Waals surface area contributed by atoms with E-state index in [1.807, 2.05) is 6.92 Å². The molecule has 0 bridgehead atoms. The molecule has 0 spiro atoms. The van der Waals surface area contributed by atoms with E-state index in [1.54, 1.807) is 6.07 Å². The van der Waals surface area contributed by atoms with Gasteiger partial charge in [0.1, 0.15) is 5.82 Å². The average Bonchev–Trinajstić information content (AvgIpc) is 2.88. The highest BCUT2D eigenvalue weighted by Crippen LogP contribution is 2.52. The minimum atomic E-state index is -1.18. The van der Waals surface area contributed by atoms with Gasteiger partial charge in [0.2, 0.25) is 0 Å². The summed E-state index contributed by atoms with van der Waals surface area (Å²) in [7, 11) is 0. The van der Waals surface area contributed by atoms with Gasteiger partial charge in [-0.1, -0.05) is 11.8 Å². The largest absolute Gasteiger partial charge is 0.465 e. The summed E-state index contributed by atoms with van der Waals surface area (Å²) in [5.74, 6) is 0.336. The van der Waals surface area contributed by atoms with Crippen LogP contribution in [0, 0.1) is 11.7 Å². The van der Waals surface area contributed by atoms with Crippen LogP contribution < -0.4 is 11.1 Å². The maximum Gasteiger partial charge on any atom is 0.410 e. The molecule has 4 N–H and O–H groups in total. The zero-order chi connectivity index (χ0) is 17.3. The summed E-state index contributed by atoms with van der Waals surface area (Å²) in [5.41, 5.74) is 5.89. The third-order valence-electron chi connectivity index (χ3n) is 4.56. The summed E-state index contributed by atoms with van der Waals surface area (Å²) < 4.78 is 20.3. The van der Waals surface area contributed by atoms with E-state index >= 15 is 0 Å². The summed E-state index contributed by atoms with van der Waals surface area (Å²) in [6.45, 7) is 2.50. The minimum Gasteiger partial charge on any atom is -0.465 e. The van der Waals surface area contributed by atoms with Crippen molar-refractivity contribution in [3.8, 4) is 0 Å². The molecule has 6 nitrogen and oxygen atoms in total. The number of nitrogens with one attached hydrogen (secondary N) is 1. The molecule has 0 radical (unpaired) electrons. The number of amidine groups is 1. The Kier molecular flexibility index (Phi) is 4.69. The summed E-state index contributed by atoms with van der Waals surface area (Å²) in [5, 5.41) is 11.6. The standard InChI is InChI=1S/C16H20FN3O3S/c1-2-23-11-5-9-8-24-14(19-15(21)22)20-16(9,7-11)12-6-10(18)3-4-13(12)17/h3-4,6,9,11H,2,5,7-8,18H2,1H3,(H,19,20)(H,21,22). The second-order valence-electron chi connectivity index (χ2n) is 6.04. The number of halogens is 1. The lowest BCUT2D eigenvalue weighted by Gasteiger charge is -2.36. The smallest absolute Gasteiger partial charge is 0.410 e. The van der Waals surface area contributed by atoms with Crippen molar-refractivity contribution in [2.75, 3.05) is 18.1 Å². The topological polar surface area (TPSA) is 96.9 Å². The lowest BCUT2D eigenvalue weighted by atomic mass is 9.81. The molecule has 1 fully saturated rings. The van der Waals surface area contributed by atoms with Crippen molar-refractivity contribution >= 4 is 28.7 Å². The van der Waals surface area contributed by atoms with Crippen LogP contribution in [0.3, 0.4) is 0 Å². The van der Waals surface area contributed by atoms with E-state index in [1.165, 1.54) is 23.9 Å². The van der Waals surface area contributed by atoms with Crippen LogP contribution in [-0.4, -0.2) is 34.8 Å². The SMILES string of the molecule is CCOC1CC2CSC(NC(=O)O)=NC2(c2cc(N)ccc2F)C1. The number of benzene rings is 1. The number of hydrogen-bond donors (Lipinski definition) is 3. The van der Waals surface area contributed by atoms with Crippen molar-refractivity contribution < 1.29 is 19.0 Å². The van der Waals surface area contributed by atoms with Gasteiger partial charge in [-0.25, -0.2) is 9.18 Å². The number of hydrogen-bond acceptors (Lipinski definition) is 5. The van der Waals surface area contributed by atoms with Gasteiger partial charge < -0.3 is 15.6 Å². The first-order chi connectivity index (χ1) is 11.4. The third kappa shape index (κ3) is 3.08. The number of carboxylic acid groups (broad SMARTS) is 1. The molecule has 1 aromatic carbocycles. The Bertz CT molecular complexity index is 685. The number of carbonyl (C=O) groups is 1. The first-order valence-electron chi connectivity index (χ1n) is 7.84. The van der Waals surface area contributed by atoms with Crippen LogP contribution in [-0.2, 0) is 10.3 Å². The molecule has 1 aromatic rings. The fourth-order valence-corrected chi connectivity index (χ4v) is 4.79. The van der Waals surface area contributed by atoms with E-state index in [9.17, 15) is 9.18 Å². The molecular weight excluding hydrogens is 333 g/mol. The van der Waals surface area contributed by atoms with E-state index in [2.05, 4.69) is 10.3 Å². The Morgan fingerprint density at radius 1 is 1.62 bits per heavy atom. The maximum absolute atomic E-state index is 14.6. The Morgan fingerprint density at radius 2 is 2.42 bits per heavy atom. The quantitative estimate of drug-likeness (QED) is 0.726. The molecule has 1 saturated carbocycles. The highest BCUT2D eigenvalue weighted by Gasteiger charge is 2.52. The van der Waals surface area contributed by atoms with Gasteiger partial charge in [-0.05, 0) is 31.5 Å². The number of nitrogens with zero attached hydrogens (tertiary/aromatic N) is 1. The summed E-state index contributed by atoms with van der Waals surface area (Å²) in [6, 6.07) is 4.46. The number of fused-ring (bicyclic) bond motifs is 1. The number of anilines is 1. The van der Waals surface area contributed by atoms with Gasteiger partial charge in [0.15, 0.2) is 5.17 Å². The zero-order valence-corrected chi connectivity index (χ0v) is 14.1. The Morgan fingerprint density at radius 3 is 3.12 bits per heavy atom. The third-order valence-corrected chi connectivity index (χ3v) is 5.59. The molecule has 1 aliphatic heterocycles. The predicted octanol–water partition coefficient (Wildman–Crippen LogP) is 2.79. The van der Waals surface area contributed by atoms with Crippen LogP contribution in [0.2, 0.25) is 0 Å². The Hall–Kier alpha value is -1.80. The maximum atomic E-state index is 14.6. The number of rotatable bonds is 3. The number of thioether (sulfide) groups is 1. The van der Waals surface area contributed by atoms with E-state index in [0.29, 0.717) is 30.0 Å². The monoisotopic (exact) mass is 353 g/mol. The van der Waals surface area contributed by atoms with Crippen LogP contribution in [0.25, 0.3) is 0 Å². The van der Waals surface area contributed by atoms with E-state index < -0.39 is 11.6 Å². The summed E-state index contributed by atoms with van der Waals surface area (Å²) >= 11 is 1.34. The lowest BCUT2D eigenvalue weighted by molar-refractivity contribution is 0.0629. The number of aliphatic imine (C=N–C) groups is 1. The zero-order valence-electron chi connectivity index (χ0n) is 13.3. The molecular formula is C16H20FN3O3S. The lowest BCUT2D eigenvalue weighted by Crippen LogP contribution is -2.40. The van der Waals surface area contributed by atoms with Crippen molar-refractivity contribution in [2.45, 2.75) is 31.4 Å². The van der Waals surface area contributed by atoms with Gasteiger partial charge in [-0.2, -0.15) is 0 Å². The van der Waals surface area contributed by atoms with Crippen LogP contribution in [0.4, 0.5) is 14.9 Å². The van der Waals surface area contributed by atoms with Crippen LogP contribution >= 0.6 is 11.8 Å². The molecule has 1 heterocycles. The fraction of sp³-hybridized carbons (Fsp3) is 0.500. The first-order valence-corrected chi connectivity index (χ1v) is 8.83. The van der Waals surface area contributed by atoms with Crippen molar-refractivity contribution in [1.29, 1.82) is 0 Å². The van der Waals surface area contributed by atoms with E-state index in [0.717, 1.165) is 6.42 Å². The van der Waals surface area contributed by atoms with E-state index in [-0.39, 0.29) is 23.0 Å². The molecule has 130 valence electrons. The van der Waals surface area contributed by atoms with Crippen LogP contribution in [0.1, 0.15) is 25.3 Å². The number of ether oxygens (including phenoxy) is 1. The summed E-state index contributed by atoms with van der Waals surface area (Å²) in [4.78, 5) is 15.6. The van der Waals surface area contributed by atoms with Gasteiger partial charge in [0, 0.05) is 35.9 Å². The van der Waals surface area contributed by atoms with E-state index in [4.69, 9.17) is 15.6 Å². The number of nitrogen functional groups attached to an aromatic ring is 1. The average molecular weight is 353 g/mol. The molecule has 3 rings (SSSR count). The molecule has 0 aromatic heterocycles. The highest BCUT2D eigenvalue weighted by molar-refractivity contribution is 8.13. The molecule has 2 aliphatic rings. The van der Waals surface area contributed by atoms with Gasteiger partial charge in [0.25, 0.3) is 0 Å². The molecule has 24 heavy (non-hydrogen) atoms. The van der Waals surface area contributed by atoms with Gasteiger partial charge in [0.05, 0.1) is 11.6 Å². The molecule has 8 heteroatoms. The highest BCUT2D eigenvalue weighted by atomic mass is 32.2. The molecule has 3 atom stereocenters. The fourth-order valence-electron chi connectivity index (χ4n) is 3.63. The number of amides is 1. The minimum absolute atomic E-state index is 0.0330. The van der Waals surface area contributed by atoms with Crippen molar-refractivity contribution in [2.24, 2.45) is 10.9 Å². The number of nitrogens with two attached hydrogens (primary N) is 1. The van der Waals surface area contributed by atoms with Crippen molar-refractivity contribution in [1.82, 2.24) is 5.32 Å². The first kappa shape index (κ1) is 17.0. The second-order valence-corrected chi connectivity index (χ2v) is 7.04. The van der Waals surface area contributed by atoms with Gasteiger partial charge >= 0.3 is 6.09 Å². The molecule has 1 aliphatic carbocycles. The second kappa shape index (κ2) is 6.60. The molecule has 1 amide bonds. The Balaban J connectivity index is 2.07. The molecule has 0 saturated heterocycles. The van der Waals surface area contributed by atoms with Crippen molar-refractivity contribution in [3.63, 3.8) is 0 Å². The normalized spacial score (nSPS) is 29.0. The molecule has 3 unspecified atom stereocenters. The van der Waals surface area contributed by atoms with Crippen LogP contribution in [0.5, 0.6) is 0 Å². The van der Waals surface area contributed by atoms with Crippen LogP contribution in [0.15, 0.2) is 23.2 Å². The van der Waals surface area contributed by atoms with Gasteiger partial charge in [-0.3, -0.25) is 10.3 Å².